The maximum atomic E-state index is 13.2. The first-order chi connectivity index (χ1) is 11.5. The summed E-state index contributed by atoms with van der Waals surface area (Å²) in [5.41, 5.74) is 0.451. The largest absolute Gasteiger partial charge is 0.507 e. The van der Waals surface area contributed by atoms with E-state index in [-0.39, 0.29) is 22.2 Å². The minimum absolute atomic E-state index is 0.0177. The molecule has 1 aromatic carbocycles. The Kier molecular flexibility index (Phi) is 6.01. The van der Waals surface area contributed by atoms with Gasteiger partial charge in [0.15, 0.2) is 0 Å². The number of likely N-dealkylation sites (N-methyl/N-ethyl adjacent to an activating group) is 1. The van der Waals surface area contributed by atoms with Crippen LogP contribution in [0.1, 0.15) is 47.0 Å². The predicted molar refractivity (Wildman–Crippen MR) is 105 cm³/mol. The van der Waals surface area contributed by atoms with Gasteiger partial charge in [-0.25, -0.2) is 8.42 Å². The van der Waals surface area contributed by atoms with E-state index in [2.05, 4.69) is 32.6 Å². The van der Waals surface area contributed by atoms with Crippen LogP contribution in [0.3, 0.4) is 0 Å². The van der Waals surface area contributed by atoms with E-state index in [9.17, 15) is 13.5 Å². The van der Waals surface area contributed by atoms with Crippen LogP contribution in [0.4, 0.5) is 5.69 Å². The lowest BCUT2D eigenvalue weighted by Crippen LogP contribution is -2.48. The number of phenolic OH excluding ortho intramolecular Hbond substituents is 1. The fourth-order valence-electron chi connectivity index (χ4n) is 3.24. The molecule has 1 aliphatic rings. The number of phenols is 1. The second kappa shape index (κ2) is 7.37. The van der Waals surface area contributed by atoms with Crippen molar-refractivity contribution in [3.63, 3.8) is 0 Å². The molecule has 5 nitrogen and oxygen atoms in total. The van der Waals surface area contributed by atoms with Gasteiger partial charge in [0, 0.05) is 31.2 Å². The minimum atomic E-state index is -3.66. The van der Waals surface area contributed by atoms with Gasteiger partial charge < -0.3 is 10.0 Å². The van der Waals surface area contributed by atoms with Crippen molar-refractivity contribution in [1.29, 1.82) is 0 Å². The Labute approximate surface area is 156 Å². The van der Waals surface area contributed by atoms with Gasteiger partial charge in [0.1, 0.15) is 10.6 Å². The van der Waals surface area contributed by atoms with Gasteiger partial charge in [0.2, 0.25) is 10.0 Å². The van der Waals surface area contributed by atoms with Gasteiger partial charge in [-0.2, -0.15) is 4.31 Å². The molecule has 2 rings (SSSR count). The smallest absolute Gasteiger partial charge is 0.245 e. The third kappa shape index (κ3) is 3.93. The van der Waals surface area contributed by atoms with Crippen molar-refractivity contribution in [1.82, 2.24) is 4.31 Å². The second-order valence-electron chi connectivity index (χ2n) is 7.59. The topological polar surface area (TPSA) is 60.9 Å². The molecule has 0 spiro atoms. The molecule has 142 valence electrons. The molecule has 1 N–H and O–H groups in total. The van der Waals surface area contributed by atoms with Gasteiger partial charge in [0.05, 0.1) is 10.6 Å². The molecule has 0 aliphatic carbocycles. The summed E-state index contributed by atoms with van der Waals surface area (Å²) >= 11 is 1.42. The standard InChI is InChI=1S/C18H30N2O3S2/c1-7-8-9-13-12-20(18(2,3)4)14-10-16(24-6)15(21)11-17(14)25(22,23)19(13)5/h10-11,13,21H,7-9,12H2,1-6H3/t13-/m1/s1. The third-order valence-corrected chi connectivity index (χ3v) is 7.52. The highest BCUT2D eigenvalue weighted by atomic mass is 32.2. The predicted octanol–water partition coefficient (Wildman–Crippen LogP) is 3.91. The fraction of sp³-hybridized carbons (Fsp3) is 0.667. The molecule has 0 saturated heterocycles. The van der Waals surface area contributed by atoms with Crippen LogP contribution in [0.2, 0.25) is 0 Å². The number of fused-ring (bicyclic) bond motifs is 1. The van der Waals surface area contributed by atoms with Crippen molar-refractivity contribution >= 4 is 27.5 Å². The summed E-state index contributed by atoms with van der Waals surface area (Å²) in [6.07, 6.45) is 4.73. The molecule has 1 aliphatic heterocycles. The van der Waals surface area contributed by atoms with E-state index >= 15 is 0 Å². The van der Waals surface area contributed by atoms with E-state index in [0.717, 1.165) is 19.3 Å². The zero-order valence-electron chi connectivity index (χ0n) is 16.0. The molecule has 1 aromatic rings. The van der Waals surface area contributed by atoms with Gasteiger partial charge in [-0.05, 0) is 39.5 Å². The van der Waals surface area contributed by atoms with Gasteiger partial charge in [0.25, 0.3) is 0 Å². The number of anilines is 1. The van der Waals surface area contributed by atoms with Crippen LogP contribution in [-0.4, -0.2) is 49.3 Å². The highest BCUT2D eigenvalue weighted by Gasteiger charge is 2.39. The van der Waals surface area contributed by atoms with Gasteiger partial charge in [-0.3, -0.25) is 0 Å². The summed E-state index contributed by atoms with van der Waals surface area (Å²) in [6, 6.07) is 3.14. The molecule has 0 unspecified atom stereocenters. The van der Waals surface area contributed by atoms with E-state index in [1.807, 2.05) is 12.3 Å². The van der Waals surface area contributed by atoms with E-state index in [0.29, 0.717) is 17.1 Å². The Morgan fingerprint density at radius 1 is 1.32 bits per heavy atom. The van der Waals surface area contributed by atoms with Crippen LogP contribution in [0, 0.1) is 0 Å². The van der Waals surface area contributed by atoms with Crippen molar-refractivity contribution in [3.05, 3.63) is 12.1 Å². The van der Waals surface area contributed by atoms with Crippen molar-refractivity contribution in [2.45, 2.75) is 68.3 Å². The van der Waals surface area contributed by atoms with Crippen molar-refractivity contribution in [2.24, 2.45) is 0 Å². The highest BCUT2D eigenvalue weighted by Crippen LogP contribution is 2.42. The Morgan fingerprint density at radius 3 is 2.48 bits per heavy atom. The molecule has 1 atom stereocenters. The number of hydrogen-bond donors (Lipinski definition) is 1. The zero-order valence-corrected chi connectivity index (χ0v) is 17.7. The first-order valence-electron chi connectivity index (χ1n) is 8.70. The van der Waals surface area contributed by atoms with E-state index < -0.39 is 10.0 Å². The van der Waals surface area contributed by atoms with Crippen molar-refractivity contribution < 1.29 is 13.5 Å². The summed E-state index contributed by atoms with van der Waals surface area (Å²) in [5, 5.41) is 10.3. The normalized spacial score (nSPS) is 21.0. The van der Waals surface area contributed by atoms with Crippen LogP contribution in [-0.2, 0) is 10.0 Å². The molecule has 0 amide bonds. The zero-order chi connectivity index (χ0) is 19.0. The Bertz CT molecular complexity index is 727. The fourth-order valence-corrected chi connectivity index (χ4v) is 5.31. The number of aromatic hydroxyl groups is 1. The van der Waals surface area contributed by atoms with Gasteiger partial charge in [-0.15, -0.1) is 11.8 Å². The maximum Gasteiger partial charge on any atom is 0.245 e. The van der Waals surface area contributed by atoms with Crippen LogP contribution >= 0.6 is 11.8 Å². The number of nitrogens with zero attached hydrogens (tertiary/aromatic N) is 2. The number of benzene rings is 1. The number of sulfonamides is 1. The van der Waals surface area contributed by atoms with Crippen LogP contribution < -0.4 is 4.90 Å². The third-order valence-electron chi connectivity index (χ3n) is 4.82. The maximum absolute atomic E-state index is 13.2. The molecule has 7 heteroatoms. The Balaban J connectivity index is 2.70. The van der Waals surface area contributed by atoms with Crippen LogP contribution in [0.15, 0.2) is 21.9 Å². The Hall–Kier alpha value is -0.920. The van der Waals surface area contributed by atoms with Crippen molar-refractivity contribution in [2.75, 3.05) is 24.7 Å². The summed E-state index contributed by atoms with van der Waals surface area (Å²) in [4.78, 5) is 3.06. The molecule has 0 bridgehead atoms. The molecule has 1 heterocycles. The number of thioether (sulfide) groups is 1. The first-order valence-corrected chi connectivity index (χ1v) is 11.4. The number of rotatable bonds is 4. The quantitative estimate of drug-likeness (QED) is 0.795. The summed E-state index contributed by atoms with van der Waals surface area (Å²) < 4.78 is 27.9. The lowest BCUT2D eigenvalue weighted by molar-refractivity contribution is 0.330. The summed E-state index contributed by atoms with van der Waals surface area (Å²) in [7, 11) is -2.00. The number of unbranched alkanes of at least 4 members (excludes halogenated alkanes) is 1. The minimum Gasteiger partial charge on any atom is -0.507 e. The molecule has 0 fully saturated rings. The average molecular weight is 387 g/mol. The first kappa shape index (κ1) is 20.4. The molecule has 25 heavy (non-hydrogen) atoms. The van der Waals surface area contributed by atoms with Gasteiger partial charge in [-0.1, -0.05) is 19.8 Å². The molecular weight excluding hydrogens is 356 g/mol. The average Bonchev–Trinajstić information content (AvgIpc) is 2.60. The number of hydrogen-bond acceptors (Lipinski definition) is 5. The molecule has 0 saturated carbocycles. The Morgan fingerprint density at radius 2 is 1.96 bits per heavy atom. The SMILES string of the molecule is CCCC[C@@H]1CN(C(C)(C)C)c2cc(SC)c(O)cc2S(=O)(=O)N1C. The summed E-state index contributed by atoms with van der Waals surface area (Å²) in [5.74, 6) is 0.0177. The lowest BCUT2D eigenvalue weighted by atomic mass is 10.0. The molecule has 0 aromatic heterocycles. The molecular formula is C18H30N2O3S2. The highest BCUT2D eigenvalue weighted by molar-refractivity contribution is 7.98. The monoisotopic (exact) mass is 386 g/mol. The van der Waals surface area contributed by atoms with Crippen LogP contribution in [0.5, 0.6) is 5.75 Å². The van der Waals surface area contributed by atoms with Crippen LogP contribution in [0.25, 0.3) is 0 Å². The van der Waals surface area contributed by atoms with E-state index in [1.165, 1.54) is 22.1 Å². The summed E-state index contributed by atoms with van der Waals surface area (Å²) in [6.45, 7) is 9.04. The van der Waals surface area contributed by atoms with Crippen molar-refractivity contribution in [3.8, 4) is 5.75 Å². The van der Waals surface area contributed by atoms with E-state index in [1.54, 1.807) is 7.05 Å². The molecule has 0 radical (unpaired) electrons. The lowest BCUT2D eigenvalue weighted by Gasteiger charge is -2.39. The van der Waals surface area contributed by atoms with Gasteiger partial charge >= 0.3 is 0 Å². The van der Waals surface area contributed by atoms with E-state index in [4.69, 9.17) is 0 Å². The second-order valence-corrected chi connectivity index (χ2v) is 10.4.